The number of carbonyl (C=O) groups is 2. The van der Waals surface area contributed by atoms with Gasteiger partial charge in [-0.05, 0) is 24.5 Å². The molecule has 27 heavy (non-hydrogen) atoms. The zero-order valence-electron chi connectivity index (χ0n) is 16.6. The molecule has 1 unspecified atom stereocenters. The van der Waals surface area contributed by atoms with Crippen molar-refractivity contribution in [2.45, 2.75) is 52.6 Å². The molecule has 0 spiro atoms. The van der Waals surface area contributed by atoms with E-state index >= 15 is 0 Å². The van der Waals surface area contributed by atoms with Gasteiger partial charge in [0.1, 0.15) is 6.04 Å². The molecule has 2 aromatic carbocycles. The number of nitrogens with zero attached hydrogens (tertiary/aromatic N) is 1. The first-order chi connectivity index (χ1) is 13.0. The molecule has 144 valence electrons. The van der Waals surface area contributed by atoms with Crippen molar-refractivity contribution in [3.63, 3.8) is 0 Å². The highest BCUT2D eigenvalue weighted by atomic mass is 16.2. The van der Waals surface area contributed by atoms with Crippen LogP contribution in [0.3, 0.4) is 0 Å². The molecular formula is C23H30N2O2. The first-order valence-electron chi connectivity index (χ1n) is 9.71. The maximum absolute atomic E-state index is 12.9. The predicted octanol–water partition coefficient (Wildman–Crippen LogP) is 3.87. The summed E-state index contributed by atoms with van der Waals surface area (Å²) in [4.78, 5) is 27.4. The Kier molecular flexibility index (Phi) is 8.05. The van der Waals surface area contributed by atoms with Crippen molar-refractivity contribution in [1.29, 1.82) is 0 Å². The van der Waals surface area contributed by atoms with Gasteiger partial charge in [0.15, 0.2) is 0 Å². The van der Waals surface area contributed by atoms with Gasteiger partial charge in [0, 0.05) is 25.9 Å². The number of nitrogens with one attached hydrogen (secondary N) is 1. The molecule has 2 rings (SSSR count). The number of hydrogen-bond acceptors (Lipinski definition) is 2. The zero-order chi connectivity index (χ0) is 19.6. The molecule has 0 aliphatic rings. The van der Waals surface area contributed by atoms with Crippen molar-refractivity contribution in [2.75, 3.05) is 6.54 Å². The minimum atomic E-state index is -0.521. The van der Waals surface area contributed by atoms with E-state index in [9.17, 15) is 9.59 Å². The van der Waals surface area contributed by atoms with E-state index in [1.54, 1.807) is 4.90 Å². The van der Waals surface area contributed by atoms with Gasteiger partial charge >= 0.3 is 0 Å². The Balaban J connectivity index is 2.30. The third kappa shape index (κ3) is 6.24. The van der Waals surface area contributed by atoms with Crippen molar-refractivity contribution >= 4 is 11.8 Å². The van der Waals surface area contributed by atoms with E-state index in [1.807, 2.05) is 75.4 Å². The van der Waals surface area contributed by atoms with Crippen LogP contribution < -0.4 is 5.32 Å². The maximum Gasteiger partial charge on any atom is 0.243 e. The minimum Gasteiger partial charge on any atom is -0.354 e. The molecule has 0 radical (unpaired) electrons. The fourth-order valence-electron chi connectivity index (χ4n) is 3.01. The zero-order valence-corrected chi connectivity index (χ0v) is 16.6. The van der Waals surface area contributed by atoms with Gasteiger partial charge in [-0.3, -0.25) is 9.59 Å². The Morgan fingerprint density at radius 2 is 1.63 bits per heavy atom. The van der Waals surface area contributed by atoms with Crippen molar-refractivity contribution in [1.82, 2.24) is 10.2 Å². The average Bonchev–Trinajstić information content (AvgIpc) is 2.70. The summed E-state index contributed by atoms with van der Waals surface area (Å²) < 4.78 is 0. The van der Waals surface area contributed by atoms with Gasteiger partial charge in [0.05, 0.1) is 0 Å². The lowest BCUT2D eigenvalue weighted by Crippen LogP contribution is -2.50. The van der Waals surface area contributed by atoms with Crippen molar-refractivity contribution in [2.24, 2.45) is 0 Å². The molecule has 0 fully saturated rings. The summed E-state index contributed by atoms with van der Waals surface area (Å²) in [7, 11) is 0. The molecule has 0 heterocycles. The van der Waals surface area contributed by atoms with E-state index in [-0.39, 0.29) is 11.8 Å². The summed E-state index contributed by atoms with van der Waals surface area (Å²) in [5.74, 6) is -0.0993. The van der Waals surface area contributed by atoms with Crippen LogP contribution in [0.5, 0.6) is 0 Å². The summed E-state index contributed by atoms with van der Waals surface area (Å²) in [6.07, 6.45) is 1.75. The summed E-state index contributed by atoms with van der Waals surface area (Å²) in [6.45, 7) is 6.95. The van der Waals surface area contributed by atoms with Crippen LogP contribution in [0.15, 0.2) is 54.6 Å². The van der Waals surface area contributed by atoms with Gasteiger partial charge in [-0.25, -0.2) is 0 Å². The van der Waals surface area contributed by atoms with Gasteiger partial charge < -0.3 is 10.2 Å². The number of hydrogen-bond donors (Lipinski definition) is 1. The van der Waals surface area contributed by atoms with Crippen LogP contribution in [-0.2, 0) is 22.6 Å². The summed E-state index contributed by atoms with van der Waals surface area (Å²) >= 11 is 0. The Bertz CT molecular complexity index is 726. The van der Waals surface area contributed by atoms with Crippen LogP contribution in [0.25, 0.3) is 0 Å². The first kappa shape index (κ1) is 20.7. The minimum absolute atomic E-state index is 0.0110. The molecule has 0 aliphatic heterocycles. The smallest absolute Gasteiger partial charge is 0.243 e. The van der Waals surface area contributed by atoms with E-state index in [0.717, 1.165) is 17.5 Å². The molecule has 1 atom stereocenters. The highest BCUT2D eigenvalue weighted by Gasteiger charge is 2.29. The van der Waals surface area contributed by atoms with Crippen LogP contribution in [-0.4, -0.2) is 29.3 Å². The number of benzene rings is 2. The SMILES string of the molecule is CCCNC(=O)C(Cc1ccccc1)N(Cc1ccc(C)cc1)C(=O)CC. The number of rotatable bonds is 9. The lowest BCUT2D eigenvalue weighted by atomic mass is 10.0. The van der Waals surface area contributed by atoms with Crippen molar-refractivity contribution in [3.8, 4) is 0 Å². The fourth-order valence-corrected chi connectivity index (χ4v) is 3.01. The molecule has 0 bridgehead atoms. The molecule has 0 saturated carbocycles. The summed E-state index contributed by atoms with van der Waals surface area (Å²) in [6, 6.07) is 17.5. The third-order valence-electron chi connectivity index (χ3n) is 4.60. The molecule has 0 aromatic heterocycles. The molecule has 2 aromatic rings. The predicted molar refractivity (Wildman–Crippen MR) is 109 cm³/mol. The molecule has 2 amide bonds. The Labute approximate surface area is 162 Å². The van der Waals surface area contributed by atoms with E-state index in [2.05, 4.69) is 5.32 Å². The van der Waals surface area contributed by atoms with Crippen LogP contribution in [0.4, 0.5) is 0 Å². The highest BCUT2D eigenvalue weighted by molar-refractivity contribution is 5.87. The van der Waals surface area contributed by atoms with Gasteiger partial charge in [0.25, 0.3) is 0 Å². The summed E-state index contributed by atoms with van der Waals surface area (Å²) in [5.41, 5.74) is 3.25. The Morgan fingerprint density at radius 1 is 0.963 bits per heavy atom. The normalized spacial score (nSPS) is 11.7. The number of carbonyl (C=O) groups excluding carboxylic acids is 2. The molecule has 0 aliphatic carbocycles. The van der Waals surface area contributed by atoms with Crippen LogP contribution >= 0.6 is 0 Å². The average molecular weight is 367 g/mol. The van der Waals surface area contributed by atoms with E-state index < -0.39 is 6.04 Å². The van der Waals surface area contributed by atoms with Crippen LogP contribution in [0.2, 0.25) is 0 Å². The topological polar surface area (TPSA) is 49.4 Å². The Hall–Kier alpha value is -2.62. The lowest BCUT2D eigenvalue weighted by molar-refractivity contribution is -0.141. The summed E-state index contributed by atoms with van der Waals surface area (Å²) in [5, 5.41) is 2.97. The van der Waals surface area contributed by atoms with Gasteiger partial charge in [-0.15, -0.1) is 0 Å². The largest absolute Gasteiger partial charge is 0.354 e. The maximum atomic E-state index is 12.9. The van der Waals surface area contributed by atoms with Crippen molar-refractivity contribution < 1.29 is 9.59 Å². The fraction of sp³-hybridized carbons (Fsp3) is 0.391. The second-order valence-corrected chi connectivity index (χ2v) is 6.86. The van der Waals surface area contributed by atoms with E-state index in [4.69, 9.17) is 0 Å². The molecular weight excluding hydrogens is 336 g/mol. The number of aryl methyl sites for hydroxylation is 1. The van der Waals surface area contributed by atoms with Gasteiger partial charge in [-0.2, -0.15) is 0 Å². The van der Waals surface area contributed by atoms with Gasteiger partial charge in [-0.1, -0.05) is 74.0 Å². The highest BCUT2D eigenvalue weighted by Crippen LogP contribution is 2.16. The lowest BCUT2D eigenvalue weighted by Gasteiger charge is -2.31. The second-order valence-electron chi connectivity index (χ2n) is 6.86. The van der Waals surface area contributed by atoms with Gasteiger partial charge in [0.2, 0.25) is 11.8 Å². The molecule has 4 nitrogen and oxygen atoms in total. The van der Waals surface area contributed by atoms with E-state index in [0.29, 0.717) is 25.9 Å². The standard InChI is InChI=1S/C23H30N2O2/c1-4-15-24-23(27)21(16-19-9-7-6-8-10-19)25(22(26)5-2)17-20-13-11-18(3)12-14-20/h6-14,21H,4-5,15-17H2,1-3H3,(H,24,27). The molecule has 4 heteroatoms. The van der Waals surface area contributed by atoms with Crippen LogP contribution in [0, 0.1) is 6.92 Å². The van der Waals surface area contributed by atoms with E-state index in [1.165, 1.54) is 5.56 Å². The van der Waals surface area contributed by atoms with Crippen LogP contribution in [0.1, 0.15) is 43.4 Å². The molecule has 1 N–H and O–H groups in total. The Morgan fingerprint density at radius 3 is 2.22 bits per heavy atom. The monoisotopic (exact) mass is 366 g/mol. The first-order valence-corrected chi connectivity index (χ1v) is 9.71. The number of amides is 2. The third-order valence-corrected chi connectivity index (χ3v) is 4.60. The second kappa shape index (κ2) is 10.5. The quantitative estimate of drug-likeness (QED) is 0.732. The molecule has 0 saturated heterocycles. The van der Waals surface area contributed by atoms with Crippen molar-refractivity contribution in [3.05, 3.63) is 71.3 Å².